The minimum Gasteiger partial charge on any atom is -0.364 e. The number of carbonyl (C=O) groups excluding carboxylic acids is 4. The molecule has 45 heavy (non-hydrogen) atoms. The summed E-state index contributed by atoms with van der Waals surface area (Å²) in [7, 11) is 1.96. The second-order valence-electron chi connectivity index (χ2n) is 11.4. The van der Waals surface area contributed by atoms with Crippen LogP contribution in [0.15, 0.2) is 40.6 Å². The predicted molar refractivity (Wildman–Crippen MR) is 159 cm³/mol. The van der Waals surface area contributed by atoms with Crippen molar-refractivity contribution in [2.45, 2.75) is 70.4 Å². The van der Waals surface area contributed by atoms with Crippen LogP contribution in [0.25, 0.3) is 0 Å². The highest BCUT2D eigenvalue weighted by Gasteiger charge is 2.36. The Morgan fingerprint density at radius 1 is 1.09 bits per heavy atom. The molecule has 4 rings (SSSR count). The van der Waals surface area contributed by atoms with E-state index in [2.05, 4.69) is 26.0 Å². The number of halogens is 3. The number of anilines is 1. The van der Waals surface area contributed by atoms with Crippen molar-refractivity contribution in [1.29, 1.82) is 0 Å². The van der Waals surface area contributed by atoms with Gasteiger partial charge in [-0.25, -0.2) is 13.2 Å². The molecule has 1 saturated heterocycles. The number of nitrogens with zero attached hydrogens (tertiary/aromatic N) is 3. The van der Waals surface area contributed by atoms with E-state index < -0.39 is 48.5 Å². The second-order valence-corrected chi connectivity index (χ2v) is 11.4. The molecule has 0 saturated carbocycles. The van der Waals surface area contributed by atoms with Gasteiger partial charge in [0.05, 0.1) is 11.4 Å². The van der Waals surface area contributed by atoms with Crippen LogP contribution in [0.5, 0.6) is 0 Å². The van der Waals surface area contributed by atoms with E-state index in [0.29, 0.717) is 43.9 Å². The number of carbonyl (C=O) groups is 4. The molecule has 0 spiro atoms. The molecule has 2 aliphatic rings. The first-order valence-corrected chi connectivity index (χ1v) is 15.1. The Morgan fingerprint density at radius 3 is 2.44 bits per heavy atom. The van der Waals surface area contributed by atoms with Crippen molar-refractivity contribution in [3.05, 3.63) is 58.7 Å². The molecule has 2 aromatic rings. The Kier molecular flexibility index (Phi) is 11.0. The summed E-state index contributed by atoms with van der Waals surface area (Å²) >= 11 is 0. The quantitative estimate of drug-likeness (QED) is 0.324. The number of alkyl halides is 2. The number of piperazine rings is 1. The fourth-order valence-electron chi connectivity index (χ4n) is 5.28. The van der Waals surface area contributed by atoms with Crippen molar-refractivity contribution in [3.8, 4) is 0 Å². The Hall–Kier alpha value is -4.20. The standard InChI is InChI=1S/C31H39F3N6O5/c1-4-23-21(18-45-38-23)28(42)37-27(20-8-10-31(33,34)11-9-20)29(43)36-24-7-6-19(16-22(24)32)17-25(35-26(41)5-2)30(44)40-14-12-39(3)13-15-40/h6-8,16,18,25,27H,4-5,9-15,17H2,1-3H3,(H,35,41)(H,36,43)(H,37,42)/t25-,27+/m1/s1. The van der Waals surface area contributed by atoms with Crippen molar-refractivity contribution in [2.24, 2.45) is 0 Å². The van der Waals surface area contributed by atoms with Crippen LogP contribution in [-0.4, -0.2) is 89.8 Å². The number of aryl methyl sites for hydroxylation is 1. The zero-order valence-electron chi connectivity index (χ0n) is 25.6. The van der Waals surface area contributed by atoms with Crippen molar-refractivity contribution in [3.63, 3.8) is 0 Å². The maximum atomic E-state index is 15.4. The van der Waals surface area contributed by atoms with Crippen molar-refractivity contribution >= 4 is 29.3 Å². The number of nitrogens with one attached hydrogen (secondary N) is 3. The number of hydrogen-bond acceptors (Lipinski definition) is 7. The van der Waals surface area contributed by atoms with Crippen LogP contribution in [0, 0.1) is 5.82 Å². The number of rotatable bonds is 11. The fourth-order valence-corrected chi connectivity index (χ4v) is 5.28. The Morgan fingerprint density at radius 2 is 1.82 bits per heavy atom. The van der Waals surface area contributed by atoms with E-state index in [-0.39, 0.29) is 47.9 Å². The first-order valence-electron chi connectivity index (χ1n) is 15.1. The molecule has 4 amide bonds. The number of allylic oxidation sites excluding steroid dienone is 1. The van der Waals surface area contributed by atoms with Gasteiger partial charge in [-0.05, 0) is 43.2 Å². The fraction of sp³-hybridized carbons (Fsp3) is 0.516. The molecule has 11 nitrogen and oxygen atoms in total. The summed E-state index contributed by atoms with van der Waals surface area (Å²) in [6.45, 7) is 5.85. The van der Waals surface area contributed by atoms with Crippen LogP contribution in [-0.2, 0) is 27.2 Å². The molecule has 0 unspecified atom stereocenters. The normalized spacial score (nSPS) is 18.0. The summed E-state index contributed by atoms with van der Waals surface area (Å²) in [6, 6.07) is 1.75. The molecular weight excluding hydrogens is 593 g/mol. The van der Waals surface area contributed by atoms with Gasteiger partial charge in [0.1, 0.15) is 29.7 Å². The highest BCUT2D eigenvalue weighted by Crippen LogP contribution is 2.34. The molecule has 1 aliphatic carbocycles. The molecule has 244 valence electrons. The highest BCUT2D eigenvalue weighted by molar-refractivity contribution is 6.03. The molecule has 14 heteroatoms. The zero-order valence-corrected chi connectivity index (χ0v) is 25.6. The van der Waals surface area contributed by atoms with Gasteiger partial charge in [0.15, 0.2) is 0 Å². The van der Waals surface area contributed by atoms with Gasteiger partial charge < -0.3 is 30.3 Å². The van der Waals surface area contributed by atoms with Gasteiger partial charge in [-0.3, -0.25) is 19.2 Å². The number of amides is 4. The summed E-state index contributed by atoms with van der Waals surface area (Å²) < 4.78 is 48.0. The molecule has 0 radical (unpaired) electrons. The SMILES string of the molecule is CCC(=O)N[C@H](Cc1ccc(NC(=O)[C@@H](NC(=O)c2conc2CC)C2=CCC(F)(F)CC2)c(F)c1)C(=O)N1CCN(C)CC1. The maximum Gasteiger partial charge on any atom is 0.257 e. The number of benzene rings is 1. The molecular formula is C31H39F3N6O5. The second kappa shape index (κ2) is 14.7. The van der Waals surface area contributed by atoms with Gasteiger partial charge in [-0.2, -0.15) is 0 Å². The summed E-state index contributed by atoms with van der Waals surface area (Å²) in [5, 5.41) is 11.5. The number of hydrogen-bond donors (Lipinski definition) is 3. The van der Waals surface area contributed by atoms with Gasteiger partial charge in [-0.1, -0.05) is 31.1 Å². The van der Waals surface area contributed by atoms with Crippen LogP contribution in [0.2, 0.25) is 0 Å². The topological polar surface area (TPSA) is 137 Å². The molecule has 1 aliphatic heterocycles. The predicted octanol–water partition coefficient (Wildman–Crippen LogP) is 3.07. The smallest absolute Gasteiger partial charge is 0.257 e. The van der Waals surface area contributed by atoms with Crippen molar-refractivity contribution in [1.82, 2.24) is 25.6 Å². The molecule has 1 aromatic heterocycles. The van der Waals surface area contributed by atoms with Crippen LogP contribution >= 0.6 is 0 Å². The third-order valence-corrected chi connectivity index (χ3v) is 8.08. The lowest BCUT2D eigenvalue weighted by atomic mass is 9.90. The van der Waals surface area contributed by atoms with Crippen LogP contribution in [0.4, 0.5) is 18.9 Å². The van der Waals surface area contributed by atoms with Crippen molar-refractivity contribution in [2.75, 3.05) is 38.5 Å². The van der Waals surface area contributed by atoms with Gasteiger partial charge in [0.25, 0.3) is 17.7 Å². The summed E-state index contributed by atoms with van der Waals surface area (Å²) in [5.74, 6) is -5.82. The first kappa shape index (κ1) is 33.7. The lowest BCUT2D eigenvalue weighted by Crippen LogP contribution is -2.54. The Balaban J connectivity index is 1.51. The van der Waals surface area contributed by atoms with Gasteiger partial charge >= 0.3 is 0 Å². The zero-order chi connectivity index (χ0) is 32.7. The minimum absolute atomic E-state index is 0.0281. The summed E-state index contributed by atoms with van der Waals surface area (Å²) in [4.78, 5) is 55.7. The average molecular weight is 633 g/mol. The minimum atomic E-state index is -2.93. The van der Waals surface area contributed by atoms with E-state index in [4.69, 9.17) is 4.52 Å². The lowest BCUT2D eigenvalue weighted by molar-refractivity contribution is -0.137. The summed E-state index contributed by atoms with van der Waals surface area (Å²) in [5.41, 5.74) is 0.940. The monoisotopic (exact) mass is 632 g/mol. The van der Waals surface area contributed by atoms with Crippen LogP contribution < -0.4 is 16.0 Å². The lowest BCUT2D eigenvalue weighted by Gasteiger charge is -2.34. The number of aromatic nitrogens is 1. The highest BCUT2D eigenvalue weighted by atomic mass is 19.3. The van der Waals surface area contributed by atoms with E-state index >= 15 is 4.39 Å². The van der Waals surface area contributed by atoms with E-state index in [0.717, 1.165) is 12.3 Å². The molecule has 1 fully saturated rings. The molecule has 0 bridgehead atoms. The third-order valence-electron chi connectivity index (χ3n) is 8.08. The van der Waals surface area contributed by atoms with Gasteiger partial charge in [0.2, 0.25) is 11.8 Å². The van der Waals surface area contributed by atoms with E-state index in [9.17, 15) is 28.0 Å². The van der Waals surface area contributed by atoms with Gasteiger partial charge in [-0.15, -0.1) is 0 Å². The first-order chi connectivity index (χ1) is 21.4. The molecule has 1 aromatic carbocycles. The Bertz CT molecular complexity index is 1440. The van der Waals surface area contributed by atoms with E-state index in [1.165, 1.54) is 18.2 Å². The van der Waals surface area contributed by atoms with Crippen molar-refractivity contribution < 1.29 is 36.9 Å². The Labute approximate surface area is 259 Å². The number of likely N-dealkylation sites (N-methyl/N-ethyl adjacent to an activating group) is 1. The van der Waals surface area contributed by atoms with Crippen LogP contribution in [0.3, 0.4) is 0 Å². The van der Waals surface area contributed by atoms with E-state index in [1.807, 2.05) is 7.05 Å². The van der Waals surface area contributed by atoms with Gasteiger partial charge in [0, 0.05) is 51.9 Å². The molecule has 2 heterocycles. The maximum absolute atomic E-state index is 15.4. The third kappa shape index (κ3) is 8.71. The van der Waals surface area contributed by atoms with Crippen LogP contribution in [0.1, 0.15) is 61.1 Å². The molecule has 3 N–H and O–H groups in total. The molecule has 2 atom stereocenters. The average Bonchev–Trinajstić information content (AvgIpc) is 3.50. The summed E-state index contributed by atoms with van der Waals surface area (Å²) in [6.07, 6.45) is 1.70. The van der Waals surface area contributed by atoms with E-state index in [1.54, 1.807) is 18.7 Å². The largest absolute Gasteiger partial charge is 0.364 e.